The summed E-state index contributed by atoms with van der Waals surface area (Å²) in [5.41, 5.74) is 4.67. The molecule has 0 saturated carbocycles. The van der Waals surface area contributed by atoms with Crippen molar-refractivity contribution in [2.75, 3.05) is 5.32 Å². The summed E-state index contributed by atoms with van der Waals surface area (Å²) in [6, 6.07) is 17.7. The van der Waals surface area contributed by atoms with Gasteiger partial charge in [-0.1, -0.05) is 73.5 Å². The Kier molecular flexibility index (Phi) is 3.97. The molecular formula is C21H19N7O. The number of anilines is 2. The monoisotopic (exact) mass is 385 g/mol. The standard InChI is InChI=1S/C21H19N7O/c1-12(2)13-8-10-15(11-9-13)19-16-17(14-6-4-3-5-7-14)23-24-20(29)18(16)22-21-25-26-27-28(19)21/h3-12,19H,1-2H3,(H,24,29)(H,22,25,27)/t19-/m1/s1. The van der Waals surface area contributed by atoms with Gasteiger partial charge in [0.1, 0.15) is 11.7 Å². The molecule has 0 radical (unpaired) electrons. The van der Waals surface area contributed by atoms with Gasteiger partial charge in [0, 0.05) is 11.1 Å². The molecule has 0 amide bonds. The number of fused-ring (bicyclic) bond motifs is 2. The Labute approximate surface area is 166 Å². The number of nitrogens with one attached hydrogen (secondary N) is 2. The number of aromatic amines is 1. The molecular weight excluding hydrogens is 366 g/mol. The molecule has 0 spiro atoms. The minimum atomic E-state index is -0.373. The normalized spacial score (nSPS) is 14.9. The Morgan fingerprint density at radius 2 is 1.79 bits per heavy atom. The summed E-state index contributed by atoms with van der Waals surface area (Å²) in [4.78, 5) is 12.6. The summed E-state index contributed by atoms with van der Waals surface area (Å²) < 4.78 is 1.69. The van der Waals surface area contributed by atoms with E-state index in [4.69, 9.17) is 0 Å². The summed E-state index contributed by atoms with van der Waals surface area (Å²) in [6.07, 6.45) is 0. The lowest BCUT2D eigenvalue weighted by Gasteiger charge is -2.28. The van der Waals surface area contributed by atoms with E-state index in [0.717, 1.165) is 16.7 Å². The molecule has 2 N–H and O–H groups in total. The van der Waals surface area contributed by atoms with Crippen LogP contribution in [0.1, 0.15) is 42.5 Å². The Morgan fingerprint density at radius 3 is 2.52 bits per heavy atom. The van der Waals surface area contributed by atoms with Crippen LogP contribution in [0.3, 0.4) is 0 Å². The Balaban J connectivity index is 1.77. The average molecular weight is 385 g/mol. The first-order valence-electron chi connectivity index (χ1n) is 9.46. The van der Waals surface area contributed by atoms with Crippen LogP contribution in [-0.4, -0.2) is 30.4 Å². The van der Waals surface area contributed by atoms with Crippen LogP contribution in [-0.2, 0) is 0 Å². The minimum absolute atomic E-state index is 0.308. The molecule has 8 nitrogen and oxygen atoms in total. The number of hydrogen-bond donors (Lipinski definition) is 2. The Morgan fingerprint density at radius 1 is 1.03 bits per heavy atom. The second-order valence-electron chi connectivity index (χ2n) is 7.35. The van der Waals surface area contributed by atoms with E-state index in [1.807, 2.05) is 30.3 Å². The third-order valence-corrected chi connectivity index (χ3v) is 5.23. The summed E-state index contributed by atoms with van der Waals surface area (Å²) >= 11 is 0. The fraction of sp³-hybridized carbons (Fsp3) is 0.190. The second-order valence-corrected chi connectivity index (χ2v) is 7.35. The first kappa shape index (κ1) is 17.3. The number of tetrazole rings is 1. The van der Waals surface area contributed by atoms with E-state index in [1.54, 1.807) is 4.68 Å². The highest BCUT2D eigenvalue weighted by Gasteiger charge is 2.34. The SMILES string of the molecule is CC(C)c1ccc([C@@H]2c3c(-c4ccccc4)n[nH]c(=O)c3Nc3nnnn32)cc1. The van der Waals surface area contributed by atoms with Gasteiger partial charge in [0.2, 0.25) is 5.95 Å². The molecule has 144 valence electrons. The van der Waals surface area contributed by atoms with Crippen molar-refractivity contribution >= 4 is 11.6 Å². The predicted octanol–water partition coefficient (Wildman–Crippen LogP) is 3.24. The zero-order valence-corrected chi connectivity index (χ0v) is 16.0. The lowest BCUT2D eigenvalue weighted by atomic mass is 9.91. The summed E-state index contributed by atoms with van der Waals surface area (Å²) in [5.74, 6) is 0.850. The minimum Gasteiger partial charge on any atom is -0.318 e. The molecule has 1 atom stereocenters. The zero-order valence-electron chi connectivity index (χ0n) is 16.0. The number of rotatable bonds is 3. The molecule has 8 heteroatoms. The smallest absolute Gasteiger partial charge is 0.288 e. The quantitative estimate of drug-likeness (QED) is 0.494. The maximum atomic E-state index is 12.6. The topological polar surface area (TPSA) is 101 Å². The fourth-order valence-electron chi connectivity index (χ4n) is 3.72. The van der Waals surface area contributed by atoms with E-state index >= 15 is 0 Å². The van der Waals surface area contributed by atoms with Crippen molar-refractivity contribution < 1.29 is 0 Å². The number of H-pyrrole nitrogens is 1. The van der Waals surface area contributed by atoms with Crippen molar-refractivity contribution in [3.05, 3.63) is 81.6 Å². The highest BCUT2D eigenvalue weighted by Crippen LogP contribution is 2.41. The molecule has 0 unspecified atom stereocenters. The van der Waals surface area contributed by atoms with E-state index in [1.165, 1.54) is 5.56 Å². The van der Waals surface area contributed by atoms with Crippen molar-refractivity contribution in [1.29, 1.82) is 0 Å². The molecule has 1 aliphatic heterocycles. The number of nitrogens with zero attached hydrogens (tertiary/aromatic N) is 5. The van der Waals surface area contributed by atoms with Crippen molar-refractivity contribution in [3.63, 3.8) is 0 Å². The van der Waals surface area contributed by atoms with Gasteiger partial charge in [-0.25, -0.2) is 5.10 Å². The maximum Gasteiger partial charge on any atom is 0.288 e. The average Bonchev–Trinajstić information content (AvgIpc) is 3.22. The van der Waals surface area contributed by atoms with Crippen LogP contribution in [0, 0.1) is 0 Å². The van der Waals surface area contributed by atoms with E-state index in [9.17, 15) is 4.79 Å². The van der Waals surface area contributed by atoms with E-state index < -0.39 is 0 Å². The third kappa shape index (κ3) is 2.80. The third-order valence-electron chi connectivity index (χ3n) is 5.23. The highest BCUT2D eigenvalue weighted by atomic mass is 16.1. The van der Waals surface area contributed by atoms with Crippen LogP contribution in [0.25, 0.3) is 11.3 Å². The van der Waals surface area contributed by atoms with Gasteiger partial charge in [0.15, 0.2) is 0 Å². The highest BCUT2D eigenvalue weighted by molar-refractivity contribution is 5.75. The van der Waals surface area contributed by atoms with Gasteiger partial charge in [0.05, 0.1) is 5.69 Å². The molecule has 0 saturated heterocycles. The van der Waals surface area contributed by atoms with Gasteiger partial charge in [0.25, 0.3) is 5.56 Å². The van der Waals surface area contributed by atoms with Crippen molar-refractivity contribution in [3.8, 4) is 11.3 Å². The zero-order chi connectivity index (χ0) is 20.0. The van der Waals surface area contributed by atoms with E-state index in [0.29, 0.717) is 23.2 Å². The first-order valence-corrected chi connectivity index (χ1v) is 9.46. The van der Waals surface area contributed by atoms with Crippen molar-refractivity contribution in [2.24, 2.45) is 0 Å². The van der Waals surface area contributed by atoms with Crippen LogP contribution in [0.5, 0.6) is 0 Å². The van der Waals surface area contributed by atoms with Crippen molar-refractivity contribution in [1.82, 2.24) is 30.4 Å². The molecule has 2 aromatic carbocycles. The molecule has 3 heterocycles. The predicted molar refractivity (Wildman–Crippen MR) is 109 cm³/mol. The Hall–Kier alpha value is -3.81. The van der Waals surface area contributed by atoms with Gasteiger partial charge in [-0.15, -0.1) is 0 Å². The van der Waals surface area contributed by atoms with Gasteiger partial charge in [-0.05, 0) is 27.5 Å². The molecule has 29 heavy (non-hydrogen) atoms. The van der Waals surface area contributed by atoms with Crippen LogP contribution in [0.2, 0.25) is 0 Å². The largest absolute Gasteiger partial charge is 0.318 e. The van der Waals surface area contributed by atoms with Gasteiger partial charge < -0.3 is 5.32 Å². The van der Waals surface area contributed by atoms with E-state index in [2.05, 4.69) is 69.2 Å². The molecule has 1 aliphatic rings. The van der Waals surface area contributed by atoms with Gasteiger partial charge in [-0.3, -0.25) is 4.79 Å². The molecule has 4 aromatic rings. The lowest BCUT2D eigenvalue weighted by molar-refractivity contribution is 0.567. The van der Waals surface area contributed by atoms with Crippen LogP contribution >= 0.6 is 0 Å². The lowest BCUT2D eigenvalue weighted by Crippen LogP contribution is -2.29. The molecule has 0 bridgehead atoms. The molecule has 2 aromatic heterocycles. The first-order chi connectivity index (χ1) is 14.1. The van der Waals surface area contributed by atoms with E-state index in [-0.39, 0.29) is 11.6 Å². The molecule has 5 rings (SSSR count). The van der Waals surface area contributed by atoms with Crippen molar-refractivity contribution in [2.45, 2.75) is 25.8 Å². The number of hydrogen-bond acceptors (Lipinski definition) is 6. The van der Waals surface area contributed by atoms with Crippen LogP contribution < -0.4 is 10.9 Å². The summed E-state index contributed by atoms with van der Waals surface area (Å²) in [6.45, 7) is 4.32. The Bertz CT molecular complexity index is 1230. The van der Waals surface area contributed by atoms with Crippen LogP contribution in [0.4, 0.5) is 11.6 Å². The molecule has 0 aliphatic carbocycles. The summed E-state index contributed by atoms with van der Waals surface area (Å²) in [7, 11) is 0. The fourth-order valence-corrected chi connectivity index (χ4v) is 3.72. The molecule has 0 fully saturated rings. The van der Waals surface area contributed by atoms with Gasteiger partial charge >= 0.3 is 0 Å². The van der Waals surface area contributed by atoms with Gasteiger partial charge in [-0.2, -0.15) is 9.78 Å². The number of benzene rings is 2. The second kappa shape index (κ2) is 6.66. The van der Waals surface area contributed by atoms with Crippen LogP contribution in [0.15, 0.2) is 59.4 Å². The maximum absolute atomic E-state index is 12.6. The summed E-state index contributed by atoms with van der Waals surface area (Å²) in [5, 5.41) is 22.1. The number of aromatic nitrogens is 6.